The lowest BCUT2D eigenvalue weighted by atomic mass is 10.1. The summed E-state index contributed by atoms with van der Waals surface area (Å²) < 4.78 is 0. The van der Waals surface area contributed by atoms with Gasteiger partial charge in [0.05, 0.1) is 4.88 Å². The van der Waals surface area contributed by atoms with Crippen LogP contribution in [0, 0.1) is 0 Å². The number of hydrogen-bond acceptors (Lipinski definition) is 4. The molecule has 0 radical (unpaired) electrons. The maximum absolute atomic E-state index is 12.5. The molecule has 0 unspecified atom stereocenters. The molecule has 3 rings (SSSR count). The van der Waals surface area contributed by atoms with E-state index in [0.717, 1.165) is 0 Å². The first kappa shape index (κ1) is 18.2. The number of hydrogen-bond donors (Lipinski definition) is 4. The number of carbonyl (C=O) groups is 3. The normalized spacial score (nSPS) is 10.1. The zero-order valence-electron chi connectivity index (χ0n) is 14.1. The van der Waals surface area contributed by atoms with E-state index in [9.17, 15) is 14.4 Å². The molecule has 136 valence electrons. The van der Waals surface area contributed by atoms with Gasteiger partial charge >= 0.3 is 6.03 Å². The van der Waals surface area contributed by atoms with Crippen LogP contribution in [-0.4, -0.2) is 17.8 Å². The van der Waals surface area contributed by atoms with Gasteiger partial charge in [-0.2, -0.15) is 0 Å². The van der Waals surface area contributed by atoms with Gasteiger partial charge in [0, 0.05) is 22.6 Å². The Bertz CT molecular complexity index is 986. The van der Waals surface area contributed by atoms with E-state index in [1.807, 2.05) is 5.38 Å². The summed E-state index contributed by atoms with van der Waals surface area (Å²) in [4.78, 5) is 36.1. The molecule has 1 aromatic heterocycles. The molecule has 2 aromatic carbocycles. The Morgan fingerprint density at radius 2 is 1.37 bits per heavy atom. The summed E-state index contributed by atoms with van der Waals surface area (Å²) in [5.41, 5.74) is 6.96. The summed E-state index contributed by atoms with van der Waals surface area (Å²) in [7, 11) is 0. The van der Waals surface area contributed by atoms with Gasteiger partial charge in [-0.15, -0.1) is 11.3 Å². The lowest BCUT2D eigenvalue weighted by molar-refractivity contribution is 0.101. The number of amides is 4. The minimum atomic E-state index is -0.687. The van der Waals surface area contributed by atoms with E-state index < -0.39 is 6.03 Å². The quantitative estimate of drug-likeness (QED) is 0.540. The van der Waals surface area contributed by atoms with E-state index in [-0.39, 0.29) is 11.8 Å². The van der Waals surface area contributed by atoms with Crippen molar-refractivity contribution in [3.63, 3.8) is 0 Å². The van der Waals surface area contributed by atoms with Crippen LogP contribution in [0.3, 0.4) is 0 Å². The fourth-order valence-corrected chi connectivity index (χ4v) is 2.98. The fraction of sp³-hybridized carbons (Fsp3) is 0. The maximum Gasteiger partial charge on any atom is 0.316 e. The zero-order chi connectivity index (χ0) is 19.2. The predicted octanol–water partition coefficient (Wildman–Crippen LogP) is 3.74. The Kier molecular flexibility index (Phi) is 5.48. The van der Waals surface area contributed by atoms with Crippen LogP contribution in [0.5, 0.6) is 0 Å². The highest BCUT2D eigenvalue weighted by Gasteiger charge is 2.10. The van der Waals surface area contributed by atoms with E-state index in [4.69, 9.17) is 5.73 Å². The molecule has 0 spiro atoms. The van der Waals surface area contributed by atoms with Crippen LogP contribution in [0.2, 0.25) is 0 Å². The first-order chi connectivity index (χ1) is 13.0. The van der Waals surface area contributed by atoms with E-state index in [0.29, 0.717) is 27.5 Å². The molecule has 7 nitrogen and oxygen atoms in total. The molecule has 0 saturated carbocycles. The molecule has 0 aliphatic rings. The largest absolute Gasteiger partial charge is 0.351 e. The molecule has 27 heavy (non-hydrogen) atoms. The second kappa shape index (κ2) is 8.15. The minimum absolute atomic E-state index is 0.229. The number of primary amides is 1. The SMILES string of the molecule is NC(=O)Nc1cccc(NC(=O)c2cccc(NC(=O)c3cccs3)c2)c1. The van der Waals surface area contributed by atoms with Crippen molar-refractivity contribution in [2.24, 2.45) is 5.73 Å². The van der Waals surface area contributed by atoms with Crippen LogP contribution in [0.25, 0.3) is 0 Å². The molecule has 8 heteroatoms. The number of carbonyl (C=O) groups excluding carboxylic acids is 3. The van der Waals surface area contributed by atoms with E-state index >= 15 is 0 Å². The molecule has 5 N–H and O–H groups in total. The average molecular weight is 380 g/mol. The lowest BCUT2D eigenvalue weighted by Gasteiger charge is -2.09. The third-order valence-electron chi connectivity index (χ3n) is 3.52. The first-order valence-electron chi connectivity index (χ1n) is 7.94. The summed E-state index contributed by atoms with van der Waals surface area (Å²) >= 11 is 1.34. The third kappa shape index (κ3) is 4.93. The maximum atomic E-state index is 12.5. The highest BCUT2D eigenvalue weighted by molar-refractivity contribution is 7.12. The Labute approximate surface area is 159 Å². The zero-order valence-corrected chi connectivity index (χ0v) is 14.9. The summed E-state index contributed by atoms with van der Waals surface area (Å²) in [6.07, 6.45) is 0. The average Bonchev–Trinajstić information content (AvgIpc) is 3.16. The van der Waals surface area contributed by atoms with Crippen LogP contribution in [0.1, 0.15) is 20.0 Å². The van der Waals surface area contributed by atoms with Gasteiger partial charge in [-0.1, -0.05) is 18.2 Å². The second-order valence-corrected chi connectivity index (χ2v) is 6.48. The van der Waals surface area contributed by atoms with Crippen molar-refractivity contribution in [1.29, 1.82) is 0 Å². The van der Waals surface area contributed by atoms with Gasteiger partial charge in [-0.25, -0.2) is 4.79 Å². The number of urea groups is 1. The van der Waals surface area contributed by atoms with Gasteiger partial charge < -0.3 is 21.7 Å². The number of anilines is 3. The highest BCUT2D eigenvalue weighted by Crippen LogP contribution is 2.18. The van der Waals surface area contributed by atoms with Gasteiger partial charge in [0.25, 0.3) is 11.8 Å². The lowest BCUT2D eigenvalue weighted by Crippen LogP contribution is -2.19. The Balaban J connectivity index is 1.70. The van der Waals surface area contributed by atoms with Crippen molar-refractivity contribution in [3.05, 3.63) is 76.5 Å². The molecular weight excluding hydrogens is 364 g/mol. The van der Waals surface area contributed by atoms with Crippen LogP contribution < -0.4 is 21.7 Å². The second-order valence-electron chi connectivity index (χ2n) is 5.54. The van der Waals surface area contributed by atoms with E-state index in [1.165, 1.54) is 11.3 Å². The summed E-state index contributed by atoms with van der Waals surface area (Å²) in [5.74, 6) is -0.578. The number of nitrogens with two attached hydrogens (primary N) is 1. The van der Waals surface area contributed by atoms with Crippen molar-refractivity contribution in [3.8, 4) is 0 Å². The van der Waals surface area contributed by atoms with Gasteiger partial charge in [0.1, 0.15) is 0 Å². The molecular formula is C19H16N4O3S. The van der Waals surface area contributed by atoms with Crippen LogP contribution in [0.4, 0.5) is 21.9 Å². The van der Waals surface area contributed by atoms with Crippen molar-refractivity contribution in [2.45, 2.75) is 0 Å². The molecule has 1 heterocycles. The van der Waals surface area contributed by atoms with Crippen molar-refractivity contribution in [2.75, 3.05) is 16.0 Å². The number of nitrogens with one attached hydrogen (secondary N) is 3. The molecule has 0 aliphatic heterocycles. The molecule has 0 fully saturated rings. The Morgan fingerprint density at radius 3 is 2.04 bits per heavy atom. The van der Waals surface area contributed by atoms with Crippen LogP contribution >= 0.6 is 11.3 Å². The summed E-state index contributed by atoms with van der Waals surface area (Å²) in [6.45, 7) is 0. The fourth-order valence-electron chi connectivity index (χ4n) is 2.36. The van der Waals surface area contributed by atoms with E-state index in [2.05, 4.69) is 16.0 Å². The Morgan fingerprint density at radius 1 is 0.741 bits per heavy atom. The van der Waals surface area contributed by atoms with Crippen molar-refractivity contribution in [1.82, 2.24) is 0 Å². The molecule has 0 saturated heterocycles. The number of thiophene rings is 1. The van der Waals surface area contributed by atoms with Gasteiger partial charge in [0.15, 0.2) is 0 Å². The van der Waals surface area contributed by atoms with Crippen LogP contribution in [0.15, 0.2) is 66.0 Å². The molecule has 3 aromatic rings. The van der Waals surface area contributed by atoms with Gasteiger partial charge in [-0.3, -0.25) is 9.59 Å². The topological polar surface area (TPSA) is 113 Å². The molecule has 4 amide bonds. The predicted molar refractivity (Wildman–Crippen MR) is 106 cm³/mol. The molecule has 0 bridgehead atoms. The Hall–Kier alpha value is -3.65. The first-order valence-corrected chi connectivity index (χ1v) is 8.82. The standard InChI is InChI=1S/C19H16N4O3S/c20-19(26)23-15-7-2-6-14(11-15)21-17(24)12-4-1-5-13(10-12)22-18(25)16-8-3-9-27-16/h1-11H,(H,21,24)(H,22,25)(H3,20,23,26). The smallest absolute Gasteiger partial charge is 0.316 e. The number of benzene rings is 2. The van der Waals surface area contributed by atoms with Crippen LogP contribution in [-0.2, 0) is 0 Å². The van der Waals surface area contributed by atoms with Crippen molar-refractivity contribution < 1.29 is 14.4 Å². The third-order valence-corrected chi connectivity index (χ3v) is 4.38. The highest BCUT2D eigenvalue weighted by atomic mass is 32.1. The summed E-state index contributed by atoms with van der Waals surface area (Å²) in [5, 5.41) is 9.77. The van der Waals surface area contributed by atoms with Crippen molar-refractivity contribution >= 4 is 46.2 Å². The summed E-state index contributed by atoms with van der Waals surface area (Å²) in [6, 6.07) is 16.1. The number of rotatable bonds is 5. The molecule has 0 aliphatic carbocycles. The van der Waals surface area contributed by atoms with Gasteiger partial charge in [-0.05, 0) is 47.8 Å². The minimum Gasteiger partial charge on any atom is -0.351 e. The van der Waals surface area contributed by atoms with Gasteiger partial charge in [0.2, 0.25) is 0 Å². The monoisotopic (exact) mass is 380 g/mol. The molecule has 0 atom stereocenters. The van der Waals surface area contributed by atoms with E-state index in [1.54, 1.807) is 60.7 Å².